The van der Waals surface area contributed by atoms with Gasteiger partial charge in [-0.15, -0.1) is 0 Å². The minimum absolute atomic E-state index is 0.127. The molecule has 8 nitrogen and oxygen atoms in total. The number of aromatic carboxylic acids is 1. The first kappa shape index (κ1) is 11.7. The van der Waals surface area contributed by atoms with Crippen LogP contribution in [-0.4, -0.2) is 26.0 Å². The smallest absolute Gasteiger partial charge is 0.360 e. The summed E-state index contributed by atoms with van der Waals surface area (Å²) in [6.07, 6.45) is 0. The average Bonchev–Trinajstić information content (AvgIpc) is 2.27. The summed E-state index contributed by atoms with van der Waals surface area (Å²) >= 11 is 0. The summed E-state index contributed by atoms with van der Waals surface area (Å²) in [6, 6.07) is 2.51. The molecule has 2 rings (SSSR count). The van der Waals surface area contributed by atoms with Gasteiger partial charge in [-0.2, -0.15) is 0 Å². The Morgan fingerprint density at radius 2 is 2.17 bits per heavy atom. The van der Waals surface area contributed by atoms with Crippen molar-refractivity contribution in [3.05, 3.63) is 43.9 Å². The van der Waals surface area contributed by atoms with E-state index in [1.165, 1.54) is 13.0 Å². The normalized spacial score (nSPS) is 10.5. The van der Waals surface area contributed by atoms with E-state index in [4.69, 9.17) is 5.11 Å². The lowest BCUT2D eigenvalue weighted by molar-refractivity contribution is -0.385. The molecule has 8 heteroatoms. The van der Waals surface area contributed by atoms with E-state index in [2.05, 4.69) is 9.97 Å². The van der Waals surface area contributed by atoms with Crippen LogP contribution in [0.4, 0.5) is 5.69 Å². The van der Waals surface area contributed by atoms with E-state index in [9.17, 15) is 19.7 Å². The number of fused-ring (bicyclic) bond motifs is 1. The summed E-state index contributed by atoms with van der Waals surface area (Å²) in [6.45, 7) is 1.50. The number of nitrogens with zero attached hydrogens (tertiary/aromatic N) is 2. The molecule has 0 spiro atoms. The third-order valence-corrected chi connectivity index (χ3v) is 2.41. The minimum Gasteiger partial charge on any atom is -0.476 e. The molecule has 2 N–H and O–H groups in total. The number of carboxylic acids is 1. The number of nitrogens with one attached hydrogen (secondary N) is 1. The molecular formula is C10H7N3O5. The molecule has 0 aliphatic carbocycles. The Hall–Kier alpha value is -2.77. The van der Waals surface area contributed by atoms with Gasteiger partial charge in [-0.3, -0.25) is 14.9 Å². The third-order valence-electron chi connectivity index (χ3n) is 2.41. The Labute approximate surface area is 99.1 Å². The quantitative estimate of drug-likeness (QED) is 0.599. The lowest BCUT2D eigenvalue weighted by Gasteiger charge is -2.01. The molecule has 0 unspecified atom stereocenters. The fourth-order valence-corrected chi connectivity index (χ4v) is 1.57. The van der Waals surface area contributed by atoms with E-state index in [0.29, 0.717) is 5.56 Å². The molecule has 2 aromatic rings. The number of aromatic amines is 1. The summed E-state index contributed by atoms with van der Waals surface area (Å²) in [4.78, 5) is 38.2. The Morgan fingerprint density at radius 3 is 2.72 bits per heavy atom. The molecule has 0 bridgehead atoms. The highest BCUT2D eigenvalue weighted by atomic mass is 16.6. The van der Waals surface area contributed by atoms with E-state index in [-0.39, 0.29) is 16.7 Å². The number of rotatable bonds is 2. The number of hydrogen-bond donors (Lipinski definition) is 2. The van der Waals surface area contributed by atoms with Gasteiger partial charge in [-0.1, -0.05) is 0 Å². The van der Waals surface area contributed by atoms with Crippen molar-refractivity contribution < 1.29 is 14.8 Å². The zero-order valence-electron chi connectivity index (χ0n) is 9.13. The molecule has 0 radical (unpaired) electrons. The van der Waals surface area contributed by atoms with Gasteiger partial charge in [-0.25, -0.2) is 9.78 Å². The van der Waals surface area contributed by atoms with E-state index < -0.39 is 22.1 Å². The van der Waals surface area contributed by atoms with Crippen LogP contribution in [0.5, 0.6) is 0 Å². The molecule has 1 aromatic heterocycles. The lowest BCUT2D eigenvalue weighted by Crippen LogP contribution is -2.19. The maximum atomic E-state index is 11.4. The van der Waals surface area contributed by atoms with Crippen LogP contribution in [0.2, 0.25) is 0 Å². The van der Waals surface area contributed by atoms with Crippen molar-refractivity contribution >= 4 is 22.7 Å². The number of hydrogen-bond acceptors (Lipinski definition) is 5. The fraction of sp³-hybridized carbons (Fsp3) is 0.100. The van der Waals surface area contributed by atoms with Crippen LogP contribution in [0, 0.1) is 17.0 Å². The third kappa shape index (κ3) is 1.79. The lowest BCUT2D eigenvalue weighted by atomic mass is 10.1. The first-order valence-electron chi connectivity index (χ1n) is 4.82. The topological polar surface area (TPSA) is 126 Å². The molecular weight excluding hydrogens is 242 g/mol. The number of nitro groups is 1. The number of aryl methyl sites for hydroxylation is 1. The Morgan fingerprint density at radius 1 is 1.50 bits per heavy atom. The zero-order chi connectivity index (χ0) is 13.4. The van der Waals surface area contributed by atoms with Gasteiger partial charge in [0.25, 0.3) is 11.2 Å². The molecule has 0 saturated heterocycles. The van der Waals surface area contributed by atoms with Crippen molar-refractivity contribution in [1.82, 2.24) is 9.97 Å². The Kier molecular flexibility index (Phi) is 2.55. The molecule has 0 aliphatic heterocycles. The second kappa shape index (κ2) is 3.91. The summed E-state index contributed by atoms with van der Waals surface area (Å²) in [7, 11) is 0. The number of H-pyrrole nitrogens is 1. The van der Waals surface area contributed by atoms with Crippen molar-refractivity contribution in [3.63, 3.8) is 0 Å². The van der Waals surface area contributed by atoms with Crippen LogP contribution in [0.3, 0.4) is 0 Å². The highest BCUT2D eigenvalue weighted by molar-refractivity contribution is 5.88. The van der Waals surface area contributed by atoms with Crippen LogP contribution in [0.15, 0.2) is 16.9 Å². The van der Waals surface area contributed by atoms with Gasteiger partial charge in [-0.05, 0) is 13.0 Å². The highest BCUT2D eigenvalue weighted by Crippen LogP contribution is 2.22. The maximum absolute atomic E-state index is 11.4. The van der Waals surface area contributed by atoms with E-state index >= 15 is 0 Å². The van der Waals surface area contributed by atoms with Crippen LogP contribution < -0.4 is 5.56 Å². The molecule has 0 saturated carbocycles. The highest BCUT2D eigenvalue weighted by Gasteiger charge is 2.16. The van der Waals surface area contributed by atoms with Gasteiger partial charge >= 0.3 is 5.97 Å². The first-order valence-corrected chi connectivity index (χ1v) is 4.82. The SMILES string of the molecule is Cc1cc2nc(C(=O)O)c(=O)[nH]c2cc1[N+](=O)[O-]. The number of carboxylic acid groups (broad SMARTS) is 1. The molecule has 18 heavy (non-hydrogen) atoms. The summed E-state index contributed by atoms with van der Waals surface area (Å²) in [5.74, 6) is -1.45. The van der Waals surface area contributed by atoms with Gasteiger partial charge in [0.15, 0.2) is 0 Å². The monoisotopic (exact) mass is 249 g/mol. The van der Waals surface area contributed by atoms with Gasteiger partial charge in [0.05, 0.1) is 16.0 Å². The second-order valence-corrected chi connectivity index (χ2v) is 3.63. The number of benzene rings is 1. The Bertz CT molecular complexity index is 734. The van der Waals surface area contributed by atoms with Crippen LogP contribution in [-0.2, 0) is 0 Å². The van der Waals surface area contributed by atoms with E-state index in [1.807, 2.05) is 0 Å². The van der Waals surface area contributed by atoms with Crippen LogP contribution in [0.1, 0.15) is 16.1 Å². The average molecular weight is 249 g/mol. The molecule has 1 aromatic carbocycles. The summed E-state index contributed by atoms with van der Waals surface area (Å²) < 4.78 is 0. The van der Waals surface area contributed by atoms with Crippen molar-refractivity contribution in [2.24, 2.45) is 0 Å². The van der Waals surface area contributed by atoms with Crippen LogP contribution in [0.25, 0.3) is 11.0 Å². The number of carbonyl (C=O) groups is 1. The van der Waals surface area contributed by atoms with Crippen LogP contribution >= 0.6 is 0 Å². The molecule has 0 atom stereocenters. The summed E-state index contributed by atoms with van der Waals surface area (Å²) in [5, 5.41) is 19.5. The molecule has 92 valence electrons. The first-order chi connectivity index (χ1) is 8.40. The maximum Gasteiger partial charge on any atom is 0.360 e. The van der Waals surface area contributed by atoms with Crippen molar-refractivity contribution in [2.45, 2.75) is 6.92 Å². The van der Waals surface area contributed by atoms with Gasteiger partial charge in [0, 0.05) is 11.6 Å². The van der Waals surface area contributed by atoms with Gasteiger partial charge in [0.1, 0.15) is 0 Å². The Balaban J connectivity index is 2.82. The van der Waals surface area contributed by atoms with Crippen molar-refractivity contribution in [3.8, 4) is 0 Å². The van der Waals surface area contributed by atoms with Crippen molar-refractivity contribution in [1.29, 1.82) is 0 Å². The zero-order valence-corrected chi connectivity index (χ0v) is 9.13. The standard InChI is InChI=1S/C10H7N3O5/c1-4-2-5-6(3-7(4)13(17)18)12-9(14)8(11-5)10(15)16/h2-3H,1H3,(H,12,14)(H,15,16). The second-order valence-electron chi connectivity index (χ2n) is 3.63. The largest absolute Gasteiger partial charge is 0.476 e. The number of aromatic nitrogens is 2. The van der Waals surface area contributed by atoms with Gasteiger partial charge in [0.2, 0.25) is 5.69 Å². The van der Waals surface area contributed by atoms with Gasteiger partial charge < -0.3 is 10.1 Å². The molecule has 0 amide bonds. The van der Waals surface area contributed by atoms with Crippen molar-refractivity contribution in [2.75, 3.05) is 0 Å². The van der Waals surface area contributed by atoms with E-state index in [1.54, 1.807) is 0 Å². The number of nitro benzene ring substituents is 1. The molecule has 0 aliphatic rings. The summed E-state index contributed by atoms with van der Waals surface area (Å²) in [5.41, 5.74) is -1.05. The molecule has 0 fully saturated rings. The predicted molar refractivity (Wildman–Crippen MR) is 60.7 cm³/mol. The van der Waals surface area contributed by atoms with E-state index in [0.717, 1.165) is 6.07 Å². The minimum atomic E-state index is -1.45. The fourth-order valence-electron chi connectivity index (χ4n) is 1.57. The predicted octanol–water partition coefficient (Wildman–Crippen LogP) is 0.838. The molecule has 1 heterocycles.